The molecular weight excluding hydrogens is 316 g/mol. The lowest BCUT2D eigenvalue weighted by molar-refractivity contribution is -0.137. The maximum atomic E-state index is 12.8. The first-order valence-electron chi connectivity index (χ1n) is 8.52. The minimum absolute atomic E-state index is 0.0408. The van der Waals surface area contributed by atoms with Crippen molar-refractivity contribution in [3.8, 4) is 0 Å². The Kier molecular flexibility index (Phi) is 5.70. The van der Waals surface area contributed by atoms with Crippen molar-refractivity contribution in [3.63, 3.8) is 0 Å². The quantitative estimate of drug-likeness (QED) is 0.718. The second-order valence-electron chi connectivity index (χ2n) is 7.10. The van der Waals surface area contributed by atoms with E-state index < -0.39 is 9.84 Å². The molecule has 0 N–H and O–H groups in total. The third kappa shape index (κ3) is 4.46. The molecule has 6 nitrogen and oxygen atoms in total. The van der Waals surface area contributed by atoms with E-state index in [-0.39, 0.29) is 41.7 Å². The summed E-state index contributed by atoms with van der Waals surface area (Å²) in [6.45, 7) is 7.77. The van der Waals surface area contributed by atoms with Crippen LogP contribution in [0.4, 0.5) is 0 Å². The number of amides is 2. The van der Waals surface area contributed by atoms with Gasteiger partial charge in [0.15, 0.2) is 9.84 Å². The fourth-order valence-corrected chi connectivity index (χ4v) is 5.15. The van der Waals surface area contributed by atoms with Gasteiger partial charge in [0.2, 0.25) is 11.8 Å². The van der Waals surface area contributed by atoms with Gasteiger partial charge < -0.3 is 9.80 Å². The van der Waals surface area contributed by atoms with E-state index in [0.29, 0.717) is 32.0 Å². The van der Waals surface area contributed by atoms with Crippen LogP contribution in [0.1, 0.15) is 40.0 Å². The molecule has 2 rings (SSSR count). The normalized spacial score (nSPS) is 27.0. The first-order chi connectivity index (χ1) is 10.7. The summed E-state index contributed by atoms with van der Waals surface area (Å²) in [6.07, 6.45) is 1.71. The van der Waals surface area contributed by atoms with E-state index in [4.69, 9.17) is 0 Å². The topological polar surface area (TPSA) is 74.8 Å². The molecule has 0 spiro atoms. The lowest BCUT2D eigenvalue weighted by Crippen LogP contribution is -2.44. The van der Waals surface area contributed by atoms with Gasteiger partial charge in [0.1, 0.15) is 0 Å². The van der Waals surface area contributed by atoms with Crippen LogP contribution in [0.15, 0.2) is 0 Å². The lowest BCUT2D eigenvalue weighted by Gasteiger charge is -2.29. The molecule has 2 heterocycles. The van der Waals surface area contributed by atoms with Crippen LogP contribution in [0.3, 0.4) is 0 Å². The lowest BCUT2D eigenvalue weighted by atomic mass is 10.1. The number of rotatable bonds is 6. The molecule has 0 aromatic carbocycles. The summed E-state index contributed by atoms with van der Waals surface area (Å²) in [5.74, 6) is 0.399. The number of likely N-dealkylation sites (tertiary alicyclic amines) is 1. The van der Waals surface area contributed by atoms with Gasteiger partial charge in [-0.05, 0) is 25.7 Å². The standard InChI is InChI=1S/C16H28N2O4S/c1-4-18(14-6-8-23(21,22)11-14)16(20)13-9-15(19)17(10-13)7-5-12(2)3/h12-14H,4-11H2,1-3H3. The van der Waals surface area contributed by atoms with Gasteiger partial charge in [-0.2, -0.15) is 0 Å². The van der Waals surface area contributed by atoms with Crippen LogP contribution in [0.5, 0.6) is 0 Å². The van der Waals surface area contributed by atoms with Gasteiger partial charge in [-0.15, -0.1) is 0 Å². The zero-order valence-corrected chi connectivity index (χ0v) is 15.1. The maximum absolute atomic E-state index is 12.8. The van der Waals surface area contributed by atoms with E-state index in [1.165, 1.54) is 0 Å². The van der Waals surface area contributed by atoms with Crippen molar-refractivity contribution in [2.45, 2.75) is 46.1 Å². The van der Waals surface area contributed by atoms with Crippen molar-refractivity contribution in [1.82, 2.24) is 9.80 Å². The average molecular weight is 344 g/mol. The minimum Gasteiger partial charge on any atom is -0.342 e. The molecule has 2 saturated heterocycles. The zero-order valence-electron chi connectivity index (χ0n) is 14.3. The number of carbonyl (C=O) groups excluding carboxylic acids is 2. The molecule has 23 heavy (non-hydrogen) atoms. The highest BCUT2D eigenvalue weighted by atomic mass is 32.2. The third-order valence-electron chi connectivity index (χ3n) is 4.81. The van der Waals surface area contributed by atoms with Crippen LogP contribution >= 0.6 is 0 Å². The highest BCUT2D eigenvalue weighted by Crippen LogP contribution is 2.25. The summed E-state index contributed by atoms with van der Waals surface area (Å²) in [7, 11) is -3.02. The monoisotopic (exact) mass is 344 g/mol. The zero-order chi connectivity index (χ0) is 17.2. The summed E-state index contributed by atoms with van der Waals surface area (Å²) in [4.78, 5) is 28.3. The van der Waals surface area contributed by atoms with E-state index in [2.05, 4.69) is 13.8 Å². The molecule has 0 aromatic heterocycles. The molecule has 2 aliphatic rings. The highest BCUT2D eigenvalue weighted by Gasteiger charge is 2.40. The fraction of sp³-hybridized carbons (Fsp3) is 0.875. The number of nitrogens with zero attached hydrogens (tertiary/aromatic N) is 2. The van der Waals surface area contributed by atoms with Gasteiger partial charge in [-0.25, -0.2) is 8.42 Å². The maximum Gasteiger partial charge on any atom is 0.228 e. The van der Waals surface area contributed by atoms with Gasteiger partial charge >= 0.3 is 0 Å². The smallest absolute Gasteiger partial charge is 0.228 e. The summed E-state index contributed by atoms with van der Waals surface area (Å²) in [5, 5.41) is 0. The molecular formula is C16H28N2O4S. The Labute approximate surface area is 139 Å². The average Bonchev–Trinajstić information content (AvgIpc) is 3.00. The van der Waals surface area contributed by atoms with Crippen LogP contribution in [-0.2, 0) is 19.4 Å². The Bertz CT molecular complexity index is 558. The predicted molar refractivity (Wildman–Crippen MR) is 88.6 cm³/mol. The largest absolute Gasteiger partial charge is 0.342 e. The number of carbonyl (C=O) groups is 2. The van der Waals surface area contributed by atoms with Crippen LogP contribution in [0.25, 0.3) is 0 Å². The van der Waals surface area contributed by atoms with Crippen molar-refractivity contribution in [1.29, 1.82) is 0 Å². The highest BCUT2D eigenvalue weighted by molar-refractivity contribution is 7.91. The van der Waals surface area contributed by atoms with Gasteiger partial charge in [0.05, 0.1) is 17.4 Å². The second-order valence-corrected chi connectivity index (χ2v) is 9.33. The van der Waals surface area contributed by atoms with Crippen LogP contribution < -0.4 is 0 Å². The summed E-state index contributed by atoms with van der Waals surface area (Å²) < 4.78 is 23.3. The molecule has 0 saturated carbocycles. The Morgan fingerprint density at radius 3 is 2.61 bits per heavy atom. The van der Waals surface area contributed by atoms with Gasteiger partial charge in [0.25, 0.3) is 0 Å². The third-order valence-corrected chi connectivity index (χ3v) is 6.56. The van der Waals surface area contributed by atoms with Crippen molar-refractivity contribution in [3.05, 3.63) is 0 Å². The number of sulfone groups is 1. The van der Waals surface area contributed by atoms with Crippen molar-refractivity contribution in [2.75, 3.05) is 31.1 Å². The van der Waals surface area contributed by atoms with E-state index in [1.54, 1.807) is 9.80 Å². The molecule has 7 heteroatoms. The predicted octanol–water partition coefficient (Wildman–Crippen LogP) is 0.917. The molecule has 2 aliphatic heterocycles. The number of hydrogen-bond donors (Lipinski definition) is 0. The van der Waals surface area contributed by atoms with Gasteiger partial charge in [-0.3, -0.25) is 9.59 Å². The molecule has 0 aliphatic carbocycles. The van der Waals surface area contributed by atoms with Crippen molar-refractivity contribution < 1.29 is 18.0 Å². The molecule has 132 valence electrons. The van der Waals surface area contributed by atoms with Gasteiger partial charge in [-0.1, -0.05) is 13.8 Å². The SMILES string of the molecule is CCN(C(=O)C1CC(=O)N(CCC(C)C)C1)C1CCS(=O)(=O)C1. The van der Waals surface area contributed by atoms with E-state index in [0.717, 1.165) is 6.42 Å². The van der Waals surface area contributed by atoms with E-state index >= 15 is 0 Å². The molecule has 0 aromatic rings. The minimum atomic E-state index is -3.02. The van der Waals surface area contributed by atoms with Crippen molar-refractivity contribution in [2.24, 2.45) is 11.8 Å². The summed E-state index contributed by atoms with van der Waals surface area (Å²) in [6, 6.07) is -0.225. The second kappa shape index (κ2) is 7.20. The molecule has 2 atom stereocenters. The summed E-state index contributed by atoms with van der Waals surface area (Å²) in [5.41, 5.74) is 0. The fourth-order valence-electron chi connectivity index (χ4n) is 3.42. The molecule has 2 unspecified atom stereocenters. The van der Waals surface area contributed by atoms with Crippen LogP contribution in [0, 0.1) is 11.8 Å². The Balaban J connectivity index is 1.98. The Morgan fingerprint density at radius 2 is 2.09 bits per heavy atom. The first-order valence-corrected chi connectivity index (χ1v) is 10.3. The Morgan fingerprint density at radius 1 is 1.39 bits per heavy atom. The van der Waals surface area contributed by atoms with E-state index in [1.807, 2.05) is 6.92 Å². The van der Waals surface area contributed by atoms with E-state index in [9.17, 15) is 18.0 Å². The Hall–Kier alpha value is -1.11. The summed E-state index contributed by atoms with van der Waals surface area (Å²) >= 11 is 0. The molecule has 0 bridgehead atoms. The first kappa shape index (κ1) is 18.2. The molecule has 0 radical (unpaired) electrons. The number of hydrogen-bond acceptors (Lipinski definition) is 4. The van der Waals surface area contributed by atoms with Crippen LogP contribution in [-0.4, -0.2) is 67.2 Å². The molecule has 2 fully saturated rings. The van der Waals surface area contributed by atoms with Crippen LogP contribution in [0.2, 0.25) is 0 Å². The van der Waals surface area contributed by atoms with Gasteiger partial charge in [0, 0.05) is 32.1 Å². The molecule has 2 amide bonds. The van der Waals surface area contributed by atoms with Crippen molar-refractivity contribution >= 4 is 21.7 Å².